The lowest BCUT2D eigenvalue weighted by atomic mass is 9.92. The first kappa shape index (κ1) is 25.3. The van der Waals surface area contributed by atoms with Gasteiger partial charge in [-0.25, -0.2) is 9.97 Å². The minimum Gasteiger partial charge on any atom is -0.491 e. The van der Waals surface area contributed by atoms with Crippen molar-refractivity contribution in [3.8, 4) is 28.4 Å². The fourth-order valence-electron chi connectivity index (χ4n) is 4.59. The molecule has 3 aromatic rings. The number of likely N-dealkylation sites (N-methyl/N-ethyl adjacent to an activating group) is 1. The standard InChI is InChI=1S/C27H36N4O4/c1-17-24(9-8-20-10-12-33-13-11-20)29-27(30-26(17)25-18(2)31-35-19(25)3)21-6-5-7-23(14-21)34-16-22(32)15-28-4/h5-7,14,20,22,28,32H,8-13,15-16H2,1-4H3/t22-/m1/s1. The number of ether oxygens (including phenoxy) is 2. The predicted octanol–water partition coefficient (Wildman–Crippen LogP) is 4.04. The highest BCUT2D eigenvalue weighted by Gasteiger charge is 2.21. The van der Waals surface area contributed by atoms with Crippen molar-refractivity contribution in [1.29, 1.82) is 0 Å². The average molecular weight is 481 g/mol. The number of hydrogen-bond donors (Lipinski definition) is 2. The maximum absolute atomic E-state index is 9.99. The minimum atomic E-state index is -0.581. The van der Waals surface area contributed by atoms with Gasteiger partial charge in [-0.15, -0.1) is 0 Å². The van der Waals surface area contributed by atoms with Gasteiger partial charge < -0.3 is 24.4 Å². The van der Waals surface area contributed by atoms with Crippen LogP contribution in [0.5, 0.6) is 5.75 Å². The van der Waals surface area contributed by atoms with Crippen LogP contribution in [0.25, 0.3) is 22.6 Å². The molecule has 0 spiro atoms. The Kier molecular flexibility index (Phi) is 8.49. The van der Waals surface area contributed by atoms with E-state index in [-0.39, 0.29) is 6.61 Å². The van der Waals surface area contributed by atoms with Crippen LogP contribution in [0.3, 0.4) is 0 Å². The van der Waals surface area contributed by atoms with Gasteiger partial charge in [0.05, 0.1) is 17.0 Å². The number of rotatable bonds is 10. The molecular formula is C27H36N4O4. The predicted molar refractivity (Wildman–Crippen MR) is 134 cm³/mol. The van der Waals surface area contributed by atoms with Crippen LogP contribution in [-0.2, 0) is 11.2 Å². The lowest BCUT2D eigenvalue weighted by Gasteiger charge is -2.22. The molecule has 1 aromatic carbocycles. The van der Waals surface area contributed by atoms with Crippen LogP contribution >= 0.6 is 0 Å². The number of nitrogens with one attached hydrogen (secondary N) is 1. The fourth-order valence-corrected chi connectivity index (χ4v) is 4.59. The van der Waals surface area contributed by atoms with Crippen molar-refractivity contribution in [2.75, 3.05) is 33.4 Å². The topological polar surface area (TPSA) is 103 Å². The van der Waals surface area contributed by atoms with Gasteiger partial charge in [-0.05, 0) is 77.1 Å². The van der Waals surface area contributed by atoms with Crippen molar-refractivity contribution >= 4 is 0 Å². The summed E-state index contributed by atoms with van der Waals surface area (Å²) >= 11 is 0. The SMILES string of the molecule is CNC[C@@H](O)COc1cccc(-c2nc(CCC3CCOCC3)c(C)c(-c3c(C)noc3C)n2)c1. The Labute approximate surface area is 207 Å². The zero-order valence-corrected chi connectivity index (χ0v) is 21.1. The second kappa shape index (κ2) is 11.7. The highest BCUT2D eigenvalue weighted by molar-refractivity contribution is 5.70. The normalized spacial score (nSPS) is 15.3. The van der Waals surface area contributed by atoms with Crippen molar-refractivity contribution in [2.45, 2.75) is 52.6 Å². The summed E-state index contributed by atoms with van der Waals surface area (Å²) in [6.07, 6.45) is 3.59. The van der Waals surface area contributed by atoms with E-state index in [2.05, 4.69) is 17.4 Å². The Balaban J connectivity index is 1.67. The van der Waals surface area contributed by atoms with Gasteiger partial charge in [0.1, 0.15) is 24.2 Å². The maximum atomic E-state index is 9.99. The molecule has 0 radical (unpaired) electrons. The number of aliphatic hydroxyl groups is 1. The van der Waals surface area contributed by atoms with Crippen LogP contribution in [0.2, 0.25) is 0 Å². The largest absolute Gasteiger partial charge is 0.491 e. The van der Waals surface area contributed by atoms with E-state index < -0.39 is 6.10 Å². The van der Waals surface area contributed by atoms with Crippen LogP contribution < -0.4 is 10.1 Å². The number of aryl methyl sites for hydroxylation is 3. The highest BCUT2D eigenvalue weighted by atomic mass is 16.5. The molecule has 188 valence electrons. The molecule has 4 rings (SSSR count). The molecule has 1 atom stereocenters. The van der Waals surface area contributed by atoms with E-state index in [0.717, 1.165) is 78.4 Å². The molecule has 0 amide bonds. The first-order chi connectivity index (χ1) is 17.0. The molecule has 0 saturated carbocycles. The summed E-state index contributed by atoms with van der Waals surface area (Å²) in [4.78, 5) is 10.00. The van der Waals surface area contributed by atoms with E-state index in [1.807, 2.05) is 38.1 Å². The zero-order valence-electron chi connectivity index (χ0n) is 21.1. The van der Waals surface area contributed by atoms with Crippen LogP contribution in [0.1, 0.15) is 42.0 Å². The number of nitrogens with zero attached hydrogens (tertiary/aromatic N) is 3. The quantitative estimate of drug-likeness (QED) is 0.448. The molecule has 0 unspecified atom stereocenters. The average Bonchev–Trinajstić information content (AvgIpc) is 3.20. The summed E-state index contributed by atoms with van der Waals surface area (Å²) in [7, 11) is 1.80. The molecule has 2 aromatic heterocycles. The van der Waals surface area contributed by atoms with Gasteiger partial charge in [0.25, 0.3) is 0 Å². The summed E-state index contributed by atoms with van der Waals surface area (Å²) in [5.74, 6) is 2.73. The molecule has 35 heavy (non-hydrogen) atoms. The first-order valence-electron chi connectivity index (χ1n) is 12.4. The molecule has 1 saturated heterocycles. The first-order valence-corrected chi connectivity index (χ1v) is 12.4. The Morgan fingerprint density at radius 2 is 1.97 bits per heavy atom. The third kappa shape index (κ3) is 6.25. The van der Waals surface area contributed by atoms with Crippen molar-refractivity contribution in [1.82, 2.24) is 20.4 Å². The minimum absolute atomic E-state index is 0.208. The molecule has 1 fully saturated rings. The van der Waals surface area contributed by atoms with Gasteiger partial charge >= 0.3 is 0 Å². The molecule has 8 heteroatoms. The molecular weight excluding hydrogens is 444 g/mol. The van der Waals surface area contributed by atoms with Crippen molar-refractivity contribution < 1.29 is 19.1 Å². The second-order valence-electron chi connectivity index (χ2n) is 9.31. The Hall–Kier alpha value is -2.81. The fraction of sp³-hybridized carbons (Fsp3) is 0.519. The lowest BCUT2D eigenvalue weighted by Crippen LogP contribution is -2.29. The summed E-state index contributed by atoms with van der Waals surface area (Å²) in [6.45, 7) is 8.32. The maximum Gasteiger partial charge on any atom is 0.160 e. The number of benzene rings is 1. The summed E-state index contributed by atoms with van der Waals surface area (Å²) in [5.41, 5.74) is 5.60. The smallest absolute Gasteiger partial charge is 0.160 e. The van der Waals surface area contributed by atoms with Gasteiger partial charge in [0.2, 0.25) is 0 Å². The van der Waals surface area contributed by atoms with Crippen molar-refractivity contribution in [3.63, 3.8) is 0 Å². The van der Waals surface area contributed by atoms with Crippen molar-refractivity contribution in [2.24, 2.45) is 5.92 Å². The van der Waals surface area contributed by atoms with E-state index in [1.165, 1.54) is 0 Å². The van der Waals surface area contributed by atoms with E-state index in [1.54, 1.807) is 7.05 Å². The summed E-state index contributed by atoms with van der Waals surface area (Å²) in [6, 6.07) is 7.72. The highest BCUT2D eigenvalue weighted by Crippen LogP contribution is 2.33. The van der Waals surface area contributed by atoms with Gasteiger partial charge in [-0.3, -0.25) is 0 Å². The van der Waals surface area contributed by atoms with Crippen LogP contribution in [0, 0.1) is 26.7 Å². The molecule has 0 bridgehead atoms. The lowest BCUT2D eigenvalue weighted by molar-refractivity contribution is 0.0639. The monoisotopic (exact) mass is 480 g/mol. The molecule has 8 nitrogen and oxygen atoms in total. The summed E-state index contributed by atoms with van der Waals surface area (Å²) in [5, 5.41) is 17.1. The Morgan fingerprint density at radius 1 is 1.17 bits per heavy atom. The Bertz CT molecular complexity index is 1100. The second-order valence-corrected chi connectivity index (χ2v) is 9.31. The van der Waals surface area contributed by atoms with Gasteiger partial charge in [0.15, 0.2) is 5.82 Å². The number of hydrogen-bond acceptors (Lipinski definition) is 8. The molecule has 1 aliphatic heterocycles. The third-order valence-electron chi connectivity index (χ3n) is 6.62. The van der Waals surface area contributed by atoms with E-state index in [4.69, 9.17) is 24.0 Å². The molecule has 1 aliphatic rings. The molecule has 0 aliphatic carbocycles. The van der Waals surface area contributed by atoms with E-state index in [9.17, 15) is 5.11 Å². The zero-order chi connectivity index (χ0) is 24.8. The van der Waals surface area contributed by atoms with Crippen molar-refractivity contribution in [3.05, 3.63) is 47.0 Å². The van der Waals surface area contributed by atoms with Crippen LogP contribution in [0.4, 0.5) is 0 Å². The van der Waals surface area contributed by atoms with Gasteiger partial charge in [-0.1, -0.05) is 17.3 Å². The number of aromatic nitrogens is 3. The van der Waals surface area contributed by atoms with Crippen LogP contribution in [0.15, 0.2) is 28.8 Å². The van der Waals surface area contributed by atoms with E-state index in [0.29, 0.717) is 24.0 Å². The van der Waals surface area contributed by atoms with Gasteiger partial charge in [0, 0.05) is 31.0 Å². The number of aliphatic hydroxyl groups excluding tert-OH is 1. The molecule has 2 N–H and O–H groups in total. The van der Waals surface area contributed by atoms with Gasteiger partial charge in [-0.2, -0.15) is 0 Å². The Morgan fingerprint density at radius 3 is 2.69 bits per heavy atom. The third-order valence-corrected chi connectivity index (χ3v) is 6.62. The summed E-state index contributed by atoms with van der Waals surface area (Å²) < 4.78 is 16.8. The van der Waals surface area contributed by atoms with E-state index >= 15 is 0 Å². The van der Waals surface area contributed by atoms with Crippen LogP contribution in [-0.4, -0.2) is 59.7 Å². The molecule has 3 heterocycles.